The number of nitrogens with two attached hydrogens (primary N) is 2. The summed E-state index contributed by atoms with van der Waals surface area (Å²) in [4.78, 5) is 3.11. The highest BCUT2D eigenvalue weighted by Gasteiger charge is 2.04. The Morgan fingerprint density at radius 3 is 2.69 bits per heavy atom. The normalized spacial score (nSPS) is 12.2. The fraction of sp³-hybridized carbons (Fsp3) is 0.556. The van der Waals surface area contributed by atoms with E-state index in [0.29, 0.717) is 0 Å². The van der Waals surface area contributed by atoms with Crippen molar-refractivity contribution >= 4 is 12.4 Å². The van der Waals surface area contributed by atoms with E-state index < -0.39 is 0 Å². The Labute approximate surface area is 85.3 Å². The molecule has 0 radical (unpaired) electrons. The smallest absolute Gasteiger partial charge is 0.0447 e. The molecule has 0 spiro atoms. The van der Waals surface area contributed by atoms with Gasteiger partial charge in [0.05, 0.1) is 0 Å². The van der Waals surface area contributed by atoms with E-state index in [1.165, 1.54) is 0 Å². The molecule has 0 aliphatic rings. The highest BCUT2D eigenvalue weighted by Crippen LogP contribution is 2.13. The van der Waals surface area contributed by atoms with Crippen LogP contribution in [0.3, 0.4) is 0 Å². The molecule has 5 N–H and O–H groups in total. The second-order valence-corrected chi connectivity index (χ2v) is 3.02. The van der Waals surface area contributed by atoms with Crippen LogP contribution in [-0.2, 0) is 0 Å². The molecule has 0 fully saturated rings. The summed E-state index contributed by atoms with van der Waals surface area (Å²) in [7, 11) is 0. The number of hydrogen-bond donors (Lipinski definition) is 3. The molecule has 3 nitrogen and oxygen atoms in total. The molecule has 1 rings (SSSR count). The van der Waals surface area contributed by atoms with E-state index in [1.807, 2.05) is 18.3 Å². The van der Waals surface area contributed by atoms with E-state index in [1.54, 1.807) is 0 Å². The number of H-pyrrole nitrogens is 1. The second kappa shape index (κ2) is 6.95. The van der Waals surface area contributed by atoms with Gasteiger partial charge in [0, 0.05) is 17.9 Å². The van der Waals surface area contributed by atoms with Crippen LogP contribution in [0.1, 0.15) is 31.0 Å². The van der Waals surface area contributed by atoms with Crippen molar-refractivity contribution in [3.63, 3.8) is 0 Å². The van der Waals surface area contributed by atoms with Gasteiger partial charge in [-0.05, 0) is 31.5 Å². The molecule has 76 valence electrons. The number of hydrogen-bond acceptors (Lipinski definition) is 2. The quantitative estimate of drug-likeness (QED) is 0.636. The van der Waals surface area contributed by atoms with Gasteiger partial charge in [-0.1, -0.05) is 6.42 Å². The van der Waals surface area contributed by atoms with Crippen LogP contribution < -0.4 is 11.5 Å². The minimum absolute atomic E-state index is 0. The molecule has 0 bridgehead atoms. The highest BCUT2D eigenvalue weighted by atomic mass is 35.5. The minimum atomic E-state index is 0. The summed E-state index contributed by atoms with van der Waals surface area (Å²) < 4.78 is 0. The van der Waals surface area contributed by atoms with E-state index in [-0.39, 0.29) is 18.4 Å². The number of nitrogens with one attached hydrogen (secondary N) is 1. The van der Waals surface area contributed by atoms with Gasteiger partial charge in [0.25, 0.3) is 0 Å². The SMILES string of the molecule is Cl.NCCCC[C@@H](N)c1ccc[nH]1. The molecule has 0 saturated heterocycles. The fourth-order valence-corrected chi connectivity index (χ4v) is 1.24. The summed E-state index contributed by atoms with van der Waals surface area (Å²) in [6, 6.07) is 4.14. The van der Waals surface area contributed by atoms with Gasteiger partial charge in [0.1, 0.15) is 0 Å². The maximum atomic E-state index is 5.91. The Bertz CT molecular complexity index is 199. The fourth-order valence-electron chi connectivity index (χ4n) is 1.24. The van der Waals surface area contributed by atoms with Crippen molar-refractivity contribution in [2.75, 3.05) is 6.54 Å². The second-order valence-electron chi connectivity index (χ2n) is 3.02. The molecule has 1 aromatic rings. The van der Waals surface area contributed by atoms with Crippen molar-refractivity contribution in [3.8, 4) is 0 Å². The van der Waals surface area contributed by atoms with Gasteiger partial charge in [0.2, 0.25) is 0 Å². The van der Waals surface area contributed by atoms with Gasteiger partial charge in [0.15, 0.2) is 0 Å². The highest BCUT2D eigenvalue weighted by molar-refractivity contribution is 5.85. The Morgan fingerprint density at radius 1 is 1.38 bits per heavy atom. The van der Waals surface area contributed by atoms with Crippen molar-refractivity contribution in [1.82, 2.24) is 4.98 Å². The lowest BCUT2D eigenvalue weighted by Gasteiger charge is -2.08. The first-order chi connectivity index (χ1) is 5.84. The lowest BCUT2D eigenvalue weighted by Crippen LogP contribution is -2.11. The number of aromatic nitrogens is 1. The standard InChI is InChI=1S/C9H17N3.ClH/c10-6-2-1-4-8(11)9-5-3-7-12-9;/h3,5,7-8,12H,1-2,4,6,10-11H2;1H/t8-;/m1./s1. The zero-order valence-electron chi connectivity index (χ0n) is 7.70. The van der Waals surface area contributed by atoms with E-state index in [0.717, 1.165) is 31.5 Å². The average molecular weight is 204 g/mol. The maximum absolute atomic E-state index is 5.91. The van der Waals surface area contributed by atoms with Gasteiger partial charge >= 0.3 is 0 Å². The Hall–Kier alpha value is -0.510. The number of unbranched alkanes of at least 4 members (excludes halogenated alkanes) is 1. The Morgan fingerprint density at radius 2 is 2.15 bits per heavy atom. The molecule has 13 heavy (non-hydrogen) atoms. The summed E-state index contributed by atoms with van der Waals surface area (Å²) >= 11 is 0. The van der Waals surface area contributed by atoms with Crippen LogP contribution in [0.5, 0.6) is 0 Å². The van der Waals surface area contributed by atoms with Crippen molar-refractivity contribution in [3.05, 3.63) is 24.0 Å². The first kappa shape index (κ1) is 12.5. The third-order valence-corrected chi connectivity index (χ3v) is 1.99. The minimum Gasteiger partial charge on any atom is -0.364 e. The van der Waals surface area contributed by atoms with E-state index in [9.17, 15) is 0 Å². The third-order valence-electron chi connectivity index (χ3n) is 1.99. The van der Waals surface area contributed by atoms with Crippen LogP contribution in [-0.4, -0.2) is 11.5 Å². The zero-order valence-corrected chi connectivity index (χ0v) is 8.52. The lowest BCUT2D eigenvalue weighted by molar-refractivity contribution is 0.582. The first-order valence-electron chi connectivity index (χ1n) is 4.43. The summed E-state index contributed by atoms with van der Waals surface area (Å²) in [6.45, 7) is 0.761. The van der Waals surface area contributed by atoms with Gasteiger partial charge in [-0.15, -0.1) is 12.4 Å². The topological polar surface area (TPSA) is 67.8 Å². The van der Waals surface area contributed by atoms with Crippen molar-refractivity contribution < 1.29 is 0 Å². The molecule has 0 aliphatic heterocycles. The predicted octanol–water partition coefficient (Wildman–Crippen LogP) is 1.57. The van der Waals surface area contributed by atoms with E-state index >= 15 is 0 Å². The lowest BCUT2D eigenvalue weighted by atomic mass is 10.1. The number of rotatable bonds is 5. The summed E-state index contributed by atoms with van der Waals surface area (Å²) in [5, 5.41) is 0. The molecular weight excluding hydrogens is 186 g/mol. The van der Waals surface area contributed by atoms with Gasteiger partial charge < -0.3 is 16.5 Å². The third kappa shape index (κ3) is 4.31. The largest absolute Gasteiger partial charge is 0.364 e. The van der Waals surface area contributed by atoms with Crippen LogP contribution in [0.4, 0.5) is 0 Å². The Kier molecular flexibility index (Phi) is 6.68. The monoisotopic (exact) mass is 203 g/mol. The van der Waals surface area contributed by atoms with Crippen molar-refractivity contribution in [2.24, 2.45) is 11.5 Å². The molecule has 1 atom stereocenters. The van der Waals surface area contributed by atoms with Crippen LogP contribution in [0.15, 0.2) is 18.3 Å². The molecule has 0 aromatic carbocycles. The molecule has 1 heterocycles. The average Bonchev–Trinajstić information content (AvgIpc) is 2.56. The maximum Gasteiger partial charge on any atom is 0.0447 e. The Balaban J connectivity index is 0.00000144. The summed E-state index contributed by atoms with van der Waals surface area (Å²) in [6.07, 6.45) is 5.08. The van der Waals surface area contributed by atoms with Crippen LogP contribution in [0.25, 0.3) is 0 Å². The van der Waals surface area contributed by atoms with Gasteiger partial charge in [-0.25, -0.2) is 0 Å². The van der Waals surface area contributed by atoms with Crippen molar-refractivity contribution in [1.29, 1.82) is 0 Å². The first-order valence-corrected chi connectivity index (χ1v) is 4.43. The molecule has 4 heteroatoms. The molecule has 0 saturated carbocycles. The number of aromatic amines is 1. The summed E-state index contributed by atoms with van der Waals surface area (Å²) in [5.41, 5.74) is 12.4. The van der Waals surface area contributed by atoms with E-state index in [4.69, 9.17) is 11.5 Å². The molecule has 0 aliphatic carbocycles. The van der Waals surface area contributed by atoms with Gasteiger partial charge in [-0.2, -0.15) is 0 Å². The van der Waals surface area contributed by atoms with E-state index in [2.05, 4.69) is 4.98 Å². The van der Waals surface area contributed by atoms with Crippen molar-refractivity contribution in [2.45, 2.75) is 25.3 Å². The van der Waals surface area contributed by atoms with Gasteiger partial charge in [-0.3, -0.25) is 0 Å². The van der Waals surface area contributed by atoms with Crippen LogP contribution >= 0.6 is 12.4 Å². The molecule has 1 aromatic heterocycles. The summed E-state index contributed by atoms with van der Waals surface area (Å²) in [5.74, 6) is 0. The molecule has 0 amide bonds. The zero-order chi connectivity index (χ0) is 8.81. The molecular formula is C9H18ClN3. The van der Waals surface area contributed by atoms with Crippen LogP contribution in [0, 0.1) is 0 Å². The number of halogens is 1. The predicted molar refractivity (Wildman–Crippen MR) is 57.9 cm³/mol. The molecule has 0 unspecified atom stereocenters. The van der Waals surface area contributed by atoms with Crippen LogP contribution in [0.2, 0.25) is 0 Å².